The summed E-state index contributed by atoms with van der Waals surface area (Å²) in [5.74, 6) is -1.98. The minimum Gasteiger partial charge on any atom is -0.481 e. The van der Waals surface area contributed by atoms with Crippen molar-refractivity contribution in [2.24, 2.45) is 5.73 Å². The first kappa shape index (κ1) is 18.4. The summed E-state index contributed by atoms with van der Waals surface area (Å²) in [5, 5.41) is 11.1. The number of rotatable bonds is 10. The van der Waals surface area contributed by atoms with Crippen molar-refractivity contribution in [2.75, 3.05) is 6.61 Å². The van der Waals surface area contributed by atoms with Gasteiger partial charge in [-0.2, -0.15) is 0 Å². The predicted octanol–water partition coefficient (Wildman–Crippen LogP) is 0.417. The zero-order valence-corrected chi connectivity index (χ0v) is 12.1. The number of nitrogens with one attached hydrogen (secondary N) is 1. The summed E-state index contributed by atoms with van der Waals surface area (Å²) in [6.07, 6.45) is 2.17. The molecule has 0 aliphatic carbocycles. The molecule has 1 amide bonds. The van der Waals surface area contributed by atoms with Crippen LogP contribution in [0.4, 0.5) is 0 Å². The Kier molecular flexibility index (Phi) is 9.36. The molecule has 0 bridgehead atoms. The van der Waals surface area contributed by atoms with E-state index in [1.807, 2.05) is 13.8 Å². The lowest BCUT2D eigenvalue weighted by Crippen LogP contribution is -2.47. The molecule has 0 radical (unpaired) electrons. The van der Waals surface area contributed by atoms with Gasteiger partial charge in [-0.15, -0.1) is 0 Å². The highest BCUT2D eigenvalue weighted by Crippen LogP contribution is 2.00. The van der Waals surface area contributed by atoms with E-state index in [2.05, 4.69) is 5.32 Å². The van der Waals surface area contributed by atoms with Crippen LogP contribution in [0.3, 0.4) is 0 Å². The van der Waals surface area contributed by atoms with Gasteiger partial charge in [-0.05, 0) is 12.8 Å². The molecule has 0 aliphatic heterocycles. The van der Waals surface area contributed by atoms with Crippen LogP contribution in [0.15, 0.2) is 0 Å². The lowest BCUT2D eigenvalue weighted by Gasteiger charge is -2.19. The van der Waals surface area contributed by atoms with Crippen LogP contribution in [0.25, 0.3) is 0 Å². The third kappa shape index (κ3) is 8.47. The molecule has 7 nitrogen and oxygen atoms in total. The Bertz CT molecular complexity index is 333. The largest absolute Gasteiger partial charge is 0.481 e. The zero-order chi connectivity index (χ0) is 15.5. The number of hydrogen-bond donors (Lipinski definition) is 3. The van der Waals surface area contributed by atoms with E-state index in [9.17, 15) is 14.4 Å². The number of carboxylic acid groups (broad SMARTS) is 1. The molecule has 0 heterocycles. The lowest BCUT2D eigenvalue weighted by atomic mass is 10.1. The van der Waals surface area contributed by atoms with Gasteiger partial charge in [-0.1, -0.05) is 20.3 Å². The molecule has 20 heavy (non-hydrogen) atoms. The van der Waals surface area contributed by atoms with Crippen molar-refractivity contribution in [3.05, 3.63) is 0 Å². The maximum absolute atomic E-state index is 11.6. The van der Waals surface area contributed by atoms with Crippen LogP contribution in [0.5, 0.6) is 0 Å². The highest BCUT2D eigenvalue weighted by molar-refractivity contribution is 5.86. The van der Waals surface area contributed by atoms with Gasteiger partial charge in [0.05, 0.1) is 18.5 Å². The molecule has 0 aliphatic rings. The Hall–Kier alpha value is -1.63. The second-order valence-electron chi connectivity index (χ2n) is 4.60. The molecule has 0 spiro atoms. The van der Waals surface area contributed by atoms with Gasteiger partial charge in [0.15, 0.2) is 0 Å². The first-order chi connectivity index (χ1) is 9.40. The number of nitrogens with two attached hydrogens (primary N) is 1. The molecule has 0 rings (SSSR count). The standard InChI is InChI=1S/C13H24N2O5/c1-3-5-6-12(18)20-8-9(4-2)15-13(19)10(14)7-11(16)17/h9-10H,3-8,14H2,1-2H3,(H,15,19)(H,16,17)/t9-,10+/m1/s1. The first-order valence-corrected chi connectivity index (χ1v) is 6.84. The summed E-state index contributed by atoms with van der Waals surface area (Å²) in [6, 6.07) is -1.45. The number of ether oxygens (including phenoxy) is 1. The van der Waals surface area contributed by atoms with Gasteiger partial charge in [0.2, 0.25) is 5.91 Å². The third-order valence-corrected chi connectivity index (χ3v) is 2.75. The van der Waals surface area contributed by atoms with Crippen molar-refractivity contribution in [3.63, 3.8) is 0 Å². The SMILES string of the molecule is CCCCC(=O)OC[C@@H](CC)NC(=O)[C@@H](N)CC(=O)O. The highest BCUT2D eigenvalue weighted by atomic mass is 16.5. The molecule has 2 atom stereocenters. The monoisotopic (exact) mass is 288 g/mol. The van der Waals surface area contributed by atoms with Crippen molar-refractivity contribution in [2.45, 2.75) is 58.0 Å². The maximum Gasteiger partial charge on any atom is 0.305 e. The summed E-state index contributed by atoms with van der Waals surface area (Å²) in [6.45, 7) is 3.88. The van der Waals surface area contributed by atoms with Crippen LogP contribution in [-0.2, 0) is 19.1 Å². The molecule has 0 unspecified atom stereocenters. The topological polar surface area (TPSA) is 119 Å². The fraction of sp³-hybridized carbons (Fsp3) is 0.769. The van der Waals surface area contributed by atoms with Crippen molar-refractivity contribution in [3.8, 4) is 0 Å². The average molecular weight is 288 g/mol. The van der Waals surface area contributed by atoms with Gasteiger partial charge in [0.25, 0.3) is 0 Å². The quantitative estimate of drug-likeness (QED) is 0.501. The van der Waals surface area contributed by atoms with E-state index in [0.29, 0.717) is 12.8 Å². The maximum atomic E-state index is 11.6. The fourth-order valence-electron chi connectivity index (χ4n) is 1.44. The number of carbonyl (C=O) groups excluding carboxylic acids is 2. The third-order valence-electron chi connectivity index (χ3n) is 2.75. The second kappa shape index (κ2) is 10.2. The summed E-state index contributed by atoms with van der Waals surface area (Å²) >= 11 is 0. The van der Waals surface area contributed by atoms with Crippen LogP contribution in [0.1, 0.15) is 46.0 Å². The number of hydrogen-bond acceptors (Lipinski definition) is 5. The van der Waals surface area contributed by atoms with Crippen molar-refractivity contribution in [1.82, 2.24) is 5.32 Å². The van der Waals surface area contributed by atoms with E-state index < -0.39 is 24.3 Å². The number of esters is 1. The molecule has 7 heteroatoms. The molecule has 0 saturated carbocycles. The van der Waals surface area contributed by atoms with Crippen LogP contribution >= 0.6 is 0 Å². The molecule has 116 valence electrons. The van der Waals surface area contributed by atoms with E-state index in [1.54, 1.807) is 0 Å². The molecule has 0 fully saturated rings. The Balaban J connectivity index is 4.11. The fourth-order valence-corrected chi connectivity index (χ4v) is 1.44. The smallest absolute Gasteiger partial charge is 0.305 e. The van der Waals surface area contributed by atoms with Crippen LogP contribution in [-0.4, -0.2) is 41.6 Å². The van der Waals surface area contributed by atoms with E-state index in [4.69, 9.17) is 15.6 Å². The van der Waals surface area contributed by atoms with E-state index in [0.717, 1.165) is 12.8 Å². The van der Waals surface area contributed by atoms with Gasteiger partial charge < -0.3 is 20.9 Å². The number of aliphatic carboxylic acids is 1. The molecular weight excluding hydrogens is 264 g/mol. The van der Waals surface area contributed by atoms with Crippen molar-refractivity contribution >= 4 is 17.8 Å². The number of amides is 1. The molecular formula is C13H24N2O5. The number of unbranched alkanes of at least 4 members (excludes halogenated alkanes) is 1. The Morgan fingerprint density at radius 2 is 1.95 bits per heavy atom. The summed E-state index contributed by atoms with van der Waals surface area (Å²) in [4.78, 5) is 33.4. The average Bonchev–Trinajstić information content (AvgIpc) is 2.39. The molecule has 0 aromatic heterocycles. The Morgan fingerprint density at radius 1 is 1.30 bits per heavy atom. The minimum absolute atomic E-state index is 0.0740. The normalized spacial score (nSPS) is 13.3. The van der Waals surface area contributed by atoms with Gasteiger partial charge >= 0.3 is 11.9 Å². The highest BCUT2D eigenvalue weighted by Gasteiger charge is 2.20. The first-order valence-electron chi connectivity index (χ1n) is 6.84. The summed E-state index contributed by atoms with van der Waals surface area (Å²) in [5.41, 5.74) is 5.44. The molecule has 0 saturated heterocycles. The van der Waals surface area contributed by atoms with Crippen molar-refractivity contribution in [1.29, 1.82) is 0 Å². The van der Waals surface area contributed by atoms with E-state index in [1.165, 1.54) is 0 Å². The van der Waals surface area contributed by atoms with Gasteiger partial charge in [0.1, 0.15) is 6.61 Å². The second-order valence-corrected chi connectivity index (χ2v) is 4.60. The number of carbonyl (C=O) groups is 3. The van der Waals surface area contributed by atoms with E-state index in [-0.39, 0.29) is 18.6 Å². The molecule has 0 aromatic rings. The van der Waals surface area contributed by atoms with Crippen molar-refractivity contribution < 1.29 is 24.2 Å². The Labute approximate surface area is 118 Å². The van der Waals surface area contributed by atoms with Gasteiger partial charge in [-0.25, -0.2) is 0 Å². The number of carboxylic acids is 1. The molecule has 0 aromatic carbocycles. The van der Waals surface area contributed by atoms with Gasteiger partial charge in [0, 0.05) is 6.42 Å². The Morgan fingerprint density at radius 3 is 2.45 bits per heavy atom. The van der Waals surface area contributed by atoms with Crippen LogP contribution < -0.4 is 11.1 Å². The minimum atomic E-state index is -1.13. The molecule has 4 N–H and O–H groups in total. The van der Waals surface area contributed by atoms with E-state index >= 15 is 0 Å². The van der Waals surface area contributed by atoms with Crippen LogP contribution in [0.2, 0.25) is 0 Å². The van der Waals surface area contributed by atoms with Crippen LogP contribution in [0, 0.1) is 0 Å². The predicted molar refractivity (Wildman–Crippen MR) is 72.9 cm³/mol. The summed E-state index contributed by atoms with van der Waals surface area (Å²) < 4.78 is 5.05. The zero-order valence-electron chi connectivity index (χ0n) is 12.1. The van der Waals surface area contributed by atoms with Gasteiger partial charge in [-0.3, -0.25) is 14.4 Å². The summed E-state index contributed by atoms with van der Waals surface area (Å²) in [7, 11) is 0. The lowest BCUT2D eigenvalue weighted by molar-refractivity contribution is -0.145.